The zero-order valence-corrected chi connectivity index (χ0v) is 11.2. The molecule has 1 aliphatic carbocycles. The minimum Gasteiger partial charge on any atom is -0.199 e. The lowest BCUT2D eigenvalue weighted by molar-refractivity contribution is 0.417. The molecule has 0 aromatic heterocycles. The molecule has 0 aromatic carbocycles. The van der Waals surface area contributed by atoms with Gasteiger partial charge in [-0.15, -0.1) is 0 Å². The van der Waals surface area contributed by atoms with Crippen molar-refractivity contribution in [1.82, 2.24) is 9.03 Å². The first-order valence-electron chi connectivity index (χ1n) is 6.37. The maximum Gasteiger partial charge on any atom is 0.279 e. The van der Waals surface area contributed by atoms with E-state index in [-0.39, 0.29) is 6.04 Å². The molecular formula is C11H24N2O2S. The zero-order valence-electron chi connectivity index (χ0n) is 10.4. The normalized spacial score (nSPS) is 19.9. The minimum absolute atomic E-state index is 0.146. The molecule has 5 heteroatoms. The second-order valence-electron chi connectivity index (χ2n) is 4.40. The molecule has 0 bridgehead atoms. The number of nitrogens with one attached hydrogen (secondary N) is 1. The topological polar surface area (TPSA) is 49.4 Å². The van der Waals surface area contributed by atoms with Crippen molar-refractivity contribution in [3.8, 4) is 0 Å². The van der Waals surface area contributed by atoms with Gasteiger partial charge in [0.2, 0.25) is 0 Å². The molecule has 1 aliphatic rings. The van der Waals surface area contributed by atoms with E-state index in [0.717, 1.165) is 25.7 Å². The molecule has 0 heterocycles. The van der Waals surface area contributed by atoms with Gasteiger partial charge in [-0.05, 0) is 12.8 Å². The van der Waals surface area contributed by atoms with Crippen molar-refractivity contribution in [3.63, 3.8) is 0 Å². The van der Waals surface area contributed by atoms with Crippen molar-refractivity contribution in [2.24, 2.45) is 0 Å². The molecule has 96 valence electrons. The van der Waals surface area contributed by atoms with Crippen LogP contribution in [-0.2, 0) is 10.2 Å². The van der Waals surface area contributed by atoms with E-state index < -0.39 is 10.2 Å². The van der Waals surface area contributed by atoms with Gasteiger partial charge < -0.3 is 0 Å². The van der Waals surface area contributed by atoms with E-state index in [9.17, 15) is 8.42 Å². The molecule has 0 atom stereocenters. The number of hydrogen-bond acceptors (Lipinski definition) is 2. The molecule has 0 unspecified atom stereocenters. The van der Waals surface area contributed by atoms with Gasteiger partial charge in [0.15, 0.2) is 0 Å². The standard InChI is InChI=1S/C11H24N2O2S/c1-3-13(4-2)16(14,15)12-11-9-7-5-6-8-10-11/h11-12H,3-10H2,1-2H3. The van der Waals surface area contributed by atoms with Crippen LogP contribution in [0.4, 0.5) is 0 Å². The van der Waals surface area contributed by atoms with Crippen molar-refractivity contribution in [3.05, 3.63) is 0 Å². The van der Waals surface area contributed by atoms with Gasteiger partial charge in [0.05, 0.1) is 0 Å². The molecule has 0 spiro atoms. The zero-order chi connectivity index (χ0) is 12.0. The third kappa shape index (κ3) is 4.03. The Morgan fingerprint density at radius 3 is 2.00 bits per heavy atom. The van der Waals surface area contributed by atoms with E-state index >= 15 is 0 Å². The Balaban J connectivity index is 2.56. The monoisotopic (exact) mass is 248 g/mol. The first-order valence-corrected chi connectivity index (χ1v) is 7.81. The van der Waals surface area contributed by atoms with Crippen LogP contribution < -0.4 is 4.72 Å². The Kier molecular flexibility index (Phi) is 5.72. The van der Waals surface area contributed by atoms with Crippen LogP contribution in [0, 0.1) is 0 Å². The summed E-state index contributed by atoms with van der Waals surface area (Å²) < 4.78 is 28.3. The van der Waals surface area contributed by atoms with Crippen LogP contribution in [0.15, 0.2) is 0 Å². The molecule has 0 aromatic rings. The summed E-state index contributed by atoms with van der Waals surface area (Å²) in [6, 6.07) is 0.146. The highest BCUT2D eigenvalue weighted by Crippen LogP contribution is 2.18. The van der Waals surface area contributed by atoms with Crippen LogP contribution in [0.25, 0.3) is 0 Å². The third-order valence-electron chi connectivity index (χ3n) is 3.22. The van der Waals surface area contributed by atoms with Crippen molar-refractivity contribution in [2.75, 3.05) is 13.1 Å². The Labute approximate surface area is 99.6 Å². The van der Waals surface area contributed by atoms with E-state index in [1.165, 1.54) is 17.1 Å². The second-order valence-corrected chi connectivity index (χ2v) is 6.10. The van der Waals surface area contributed by atoms with Crippen LogP contribution in [0.3, 0.4) is 0 Å². The maximum absolute atomic E-state index is 12.0. The quantitative estimate of drug-likeness (QED) is 0.755. The Morgan fingerprint density at radius 2 is 1.56 bits per heavy atom. The van der Waals surface area contributed by atoms with Crippen LogP contribution in [0.1, 0.15) is 52.4 Å². The Morgan fingerprint density at radius 1 is 1.06 bits per heavy atom. The highest BCUT2D eigenvalue weighted by atomic mass is 32.2. The lowest BCUT2D eigenvalue weighted by atomic mass is 10.1. The molecule has 1 rings (SSSR count). The van der Waals surface area contributed by atoms with Gasteiger partial charge in [-0.1, -0.05) is 39.5 Å². The lowest BCUT2D eigenvalue weighted by Gasteiger charge is -2.23. The van der Waals surface area contributed by atoms with Gasteiger partial charge in [0.1, 0.15) is 0 Å². The second kappa shape index (κ2) is 6.57. The molecule has 16 heavy (non-hydrogen) atoms. The van der Waals surface area contributed by atoms with Gasteiger partial charge in [-0.25, -0.2) is 0 Å². The molecule has 1 N–H and O–H groups in total. The lowest BCUT2D eigenvalue weighted by Crippen LogP contribution is -2.45. The van der Waals surface area contributed by atoms with Crippen molar-refractivity contribution >= 4 is 10.2 Å². The molecule has 1 fully saturated rings. The molecule has 0 amide bonds. The summed E-state index contributed by atoms with van der Waals surface area (Å²) in [5, 5.41) is 0. The number of nitrogens with zero attached hydrogens (tertiary/aromatic N) is 1. The van der Waals surface area contributed by atoms with E-state index in [2.05, 4.69) is 4.72 Å². The predicted molar refractivity (Wildman–Crippen MR) is 66.5 cm³/mol. The SMILES string of the molecule is CCN(CC)S(=O)(=O)NC1CCCCCC1. The summed E-state index contributed by atoms with van der Waals surface area (Å²) >= 11 is 0. The van der Waals surface area contributed by atoms with Gasteiger partial charge in [0.25, 0.3) is 10.2 Å². The minimum atomic E-state index is -3.25. The molecule has 0 aliphatic heterocycles. The molecular weight excluding hydrogens is 224 g/mol. The van der Waals surface area contributed by atoms with Crippen molar-refractivity contribution < 1.29 is 8.42 Å². The van der Waals surface area contributed by atoms with Gasteiger partial charge in [-0.2, -0.15) is 17.4 Å². The fraction of sp³-hybridized carbons (Fsp3) is 1.00. The smallest absolute Gasteiger partial charge is 0.199 e. The molecule has 0 saturated heterocycles. The molecule has 1 saturated carbocycles. The number of hydrogen-bond donors (Lipinski definition) is 1. The number of rotatable bonds is 5. The highest BCUT2D eigenvalue weighted by Gasteiger charge is 2.23. The summed E-state index contributed by atoms with van der Waals surface area (Å²) in [6.45, 7) is 4.82. The fourth-order valence-corrected chi connectivity index (χ4v) is 3.73. The molecule has 0 radical (unpaired) electrons. The Bertz CT molecular complexity index is 278. The largest absolute Gasteiger partial charge is 0.279 e. The summed E-state index contributed by atoms with van der Waals surface area (Å²) in [7, 11) is -3.25. The van der Waals surface area contributed by atoms with Gasteiger partial charge >= 0.3 is 0 Å². The van der Waals surface area contributed by atoms with E-state index in [1.807, 2.05) is 13.8 Å². The van der Waals surface area contributed by atoms with Crippen LogP contribution in [-0.4, -0.2) is 31.9 Å². The third-order valence-corrected chi connectivity index (χ3v) is 5.04. The summed E-state index contributed by atoms with van der Waals surface area (Å²) in [5.41, 5.74) is 0. The molecule has 4 nitrogen and oxygen atoms in total. The van der Waals surface area contributed by atoms with Crippen LogP contribution in [0.5, 0.6) is 0 Å². The van der Waals surface area contributed by atoms with Gasteiger partial charge in [0, 0.05) is 19.1 Å². The van der Waals surface area contributed by atoms with E-state index in [4.69, 9.17) is 0 Å². The van der Waals surface area contributed by atoms with Crippen LogP contribution >= 0.6 is 0 Å². The van der Waals surface area contributed by atoms with Crippen LogP contribution in [0.2, 0.25) is 0 Å². The summed E-state index contributed by atoms with van der Waals surface area (Å²) in [6.07, 6.45) is 6.74. The average molecular weight is 248 g/mol. The van der Waals surface area contributed by atoms with E-state index in [0.29, 0.717) is 13.1 Å². The van der Waals surface area contributed by atoms with Crippen molar-refractivity contribution in [2.45, 2.75) is 58.4 Å². The first-order chi connectivity index (χ1) is 7.60. The van der Waals surface area contributed by atoms with E-state index in [1.54, 1.807) is 0 Å². The van der Waals surface area contributed by atoms with Crippen molar-refractivity contribution in [1.29, 1.82) is 0 Å². The fourth-order valence-electron chi connectivity index (χ4n) is 2.25. The van der Waals surface area contributed by atoms with Gasteiger partial charge in [-0.3, -0.25) is 0 Å². The first kappa shape index (κ1) is 13.9. The Hall–Kier alpha value is -0.130. The highest BCUT2D eigenvalue weighted by molar-refractivity contribution is 7.87. The summed E-state index contributed by atoms with van der Waals surface area (Å²) in [5.74, 6) is 0. The average Bonchev–Trinajstić information content (AvgIpc) is 2.47. The summed E-state index contributed by atoms with van der Waals surface area (Å²) in [4.78, 5) is 0. The maximum atomic E-state index is 12.0. The predicted octanol–water partition coefficient (Wildman–Crippen LogP) is 1.89.